The van der Waals surface area contributed by atoms with Crippen molar-refractivity contribution in [3.8, 4) is 17.2 Å². The maximum Gasteiger partial charge on any atom is 0.161 e. The van der Waals surface area contributed by atoms with E-state index in [1.165, 1.54) is 18.4 Å². The average Bonchev–Trinajstić information content (AvgIpc) is 2.75. The van der Waals surface area contributed by atoms with Gasteiger partial charge < -0.3 is 19.5 Å². The van der Waals surface area contributed by atoms with E-state index >= 15 is 0 Å². The van der Waals surface area contributed by atoms with Gasteiger partial charge in [-0.3, -0.25) is 4.90 Å². The summed E-state index contributed by atoms with van der Waals surface area (Å²) in [6.45, 7) is 5.81. The Labute approximate surface area is 167 Å². The molecule has 1 unspecified atom stereocenters. The molecule has 2 aliphatic heterocycles. The molecule has 1 atom stereocenters. The molecule has 0 aliphatic carbocycles. The van der Waals surface area contributed by atoms with E-state index in [1.807, 2.05) is 30.3 Å². The second-order valence-electron chi connectivity index (χ2n) is 7.73. The number of nitrogens with one attached hydrogen (secondary N) is 1. The van der Waals surface area contributed by atoms with Crippen LogP contribution in [0.3, 0.4) is 0 Å². The van der Waals surface area contributed by atoms with Gasteiger partial charge in [-0.15, -0.1) is 0 Å². The van der Waals surface area contributed by atoms with Gasteiger partial charge in [0.2, 0.25) is 0 Å². The van der Waals surface area contributed by atoms with Gasteiger partial charge in [-0.1, -0.05) is 24.3 Å². The maximum absolute atomic E-state index is 6.02. The molecule has 1 saturated heterocycles. The van der Waals surface area contributed by atoms with Gasteiger partial charge in [0.1, 0.15) is 18.5 Å². The summed E-state index contributed by atoms with van der Waals surface area (Å²) in [4.78, 5) is 2.54. The zero-order chi connectivity index (χ0) is 19.2. The largest absolute Gasteiger partial charge is 0.497 e. The number of fused-ring (bicyclic) bond motifs is 1. The number of benzene rings is 2. The summed E-state index contributed by atoms with van der Waals surface area (Å²) in [5, 5.41) is 3.60. The minimum absolute atomic E-state index is 0.0862. The van der Waals surface area contributed by atoms with Crippen LogP contribution in [0, 0.1) is 5.92 Å². The fourth-order valence-electron chi connectivity index (χ4n) is 3.99. The number of methoxy groups -OCH3 is 1. The average molecular weight is 383 g/mol. The molecular weight excluding hydrogens is 352 g/mol. The number of hydrogen-bond acceptors (Lipinski definition) is 5. The molecule has 1 N–H and O–H groups in total. The van der Waals surface area contributed by atoms with Crippen LogP contribution >= 0.6 is 0 Å². The van der Waals surface area contributed by atoms with Gasteiger partial charge in [0.25, 0.3) is 0 Å². The number of hydrogen-bond donors (Lipinski definition) is 1. The van der Waals surface area contributed by atoms with Crippen LogP contribution in [0.25, 0.3) is 0 Å². The van der Waals surface area contributed by atoms with Crippen LogP contribution in [-0.2, 0) is 6.54 Å². The quantitative estimate of drug-likeness (QED) is 0.796. The molecule has 28 heavy (non-hydrogen) atoms. The van der Waals surface area contributed by atoms with Crippen molar-refractivity contribution in [1.82, 2.24) is 10.2 Å². The molecule has 1 fully saturated rings. The predicted molar refractivity (Wildman–Crippen MR) is 110 cm³/mol. The van der Waals surface area contributed by atoms with Crippen LogP contribution in [0.2, 0.25) is 0 Å². The Balaban J connectivity index is 1.15. The lowest BCUT2D eigenvalue weighted by atomic mass is 9.96. The van der Waals surface area contributed by atoms with Crippen LogP contribution in [0.15, 0.2) is 48.5 Å². The van der Waals surface area contributed by atoms with Gasteiger partial charge >= 0.3 is 0 Å². The van der Waals surface area contributed by atoms with Crippen molar-refractivity contribution in [2.45, 2.75) is 25.5 Å². The molecule has 4 rings (SSSR count). The Hall–Kier alpha value is -2.24. The summed E-state index contributed by atoms with van der Waals surface area (Å²) in [6, 6.07) is 16.3. The summed E-state index contributed by atoms with van der Waals surface area (Å²) >= 11 is 0. The third-order valence-corrected chi connectivity index (χ3v) is 5.62. The standard InChI is InChI=1S/C23H30N2O3/c1-26-20-6-4-5-19(13-20)16-25-11-9-18(10-12-25)14-24-15-21-17-27-22-7-2-3-8-23(22)28-21/h2-8,13,18,21,24H,9-12,14-17H2,1H3. The molecule has 0 saturated carbocycles. The lowest BCUT2D eigenvalue weighted by Gasteiger charge is -2.32. The molecule has 0 bridgehead atoms. The molecule has 0 spiro atoms. The normalized spacial score (nSPS) is 20.1. The first-order valence-electron chi connectivity index (χ1n) is 10.2. The van der Waals surface area contributed by atoms with Gasteiger partial charge in [-0.25, -0.2) is 0 Å². The molecule has 5 nitrogen and oxygen atoms in total. The minimum atomic E-state index is 0.0862. The number of piperidine rings is 1. The van der Waals surface area contributed by atoms with Crippen molar-refractivity contribution in [2.75, 3.05) is 39.9 Å². The third-order valence-electron chi connectivity index (χ3n) is 5.62. The Kier molecular flexibility index (Phi) is 6.34. The molecule has 0 radical (unpaired) electrons. The first-order valence-corrected chi connectivity index (χ1v) is 10.2. The fraction of sp³-hybridized carbons (Fsp3) is 0.478. The molecule has 5 heteroatoms. The highest BCUT2D eigenvalue weighted by molar-refractivity contribution is 5.40. The minimum Gasteiger partial charge on any atom is -0.497 e. The van der Waals surface area contributed by atoms with Gasteiger partial charge in [0, 0.05) is 13.1 Å². The second-order valence-corrected chi connectivity index (χ2v) is 7.73. The van der Waals surface area contributed by atoms with Crippen molar-refractivity contribution in [3.63, 3.8) is 0 Å². The van der Waals surface area contributed by atoms with E-state index in [4.69, 9.17) is 14.2 Å². The first kappa shape index (κ1) is 19.1. The Morgan fingerprint density at radius 2 is 1.86 bits per heavy atom. The van der Waals surface area contributed by atoms with E-state index in [0.717, 1.165) is 55.9 Å². The lowest BCUT2D eigenvalue weighted by Crippen LogP contribution is -2.42. The summed E-state index contributed by atoms with van der Waals surface area (Å²) < 4.78 is 17.1. The summed E-state index contributed by atoms with van der Waals surface area (Å²) in [7, 11) is 1.72. The van der Waals surface area contributed by atoms with E-state index in [2.05, 4.69) is 28.4 Å². The lowest BCUT2D eigenvalue weighted by molar-refractivity contribution is 0.0881. The van der Waals surface area contributed by atoms with Crippen LogP contribution in [0.1, 0.15) is 18.4 Å². The van der Waals surface area contributed by atoms with Crippen molar-refractivity contribution in [1.29, 1.82) is 0 Å². The maximum atomic E-state index is 6.02. The molecule has 2 aromatic carbocycles. The van der Waals surface area contributed by atoms with Crippen LogP contribution < -0.4 is 19.5 Å². The van der Waals surface area contributed by atoms with E-state index in [0.29, 0.717) is 6.61 Å². The molecule has 2 aliphatic rings. The van der Waals surface area contributed by atoms with Crippen molar-refractivity contribution >= 4 is 0 Å². The van der Waals surface area contributed by atoms with Crippen LogP contribution in [0.5, 0.6) is 17.2 Å². The number of likely N-dealkylation sites (tertiary alicyclic amines) is 1. The molecular formula is C23H30N2O3. The first-order chi connectivity index (χ1) is 13.8. The number of para-hydroxylation sites is 2. The SMILES string of the molecule is COc1cccc(CN2CCC(CNCC3COc4ccccc4O3)CC2)c1. The van der Waals surface area contributed by atoms with E-state index < -0.39 is 0 Å². The molecule has 0 aromatic heterocycles. The van der Waals surface area contributed by atoms with Gasteiger partial charge in [-0.2, -0.15) is 0 Å². The topological polar surface area (TPSA) is 43.0 Å². The highest BCUT2D eigenvalue weighted by Gasteiger charge is 2.22. The van der Waals surface area contributed by atoms with Crippen LogP contribution in [0.4, 0.5) is 0 Å². The third kappa shape index (κ3) is 4.97. The van der Waals surface area contributed by atoms with Gasteiger partial charge in [0.15, 0.2) is 11.5 Å². The summed E-state index contributed by atoms with van der Waals surface area (Å²) in [5.41, 5.74) is 1.32. The number of nitrogens with zero attached hydrogens (tertiary/aromatic N) is 1. The molecule has 150 valence electrons. The molecule has 0 amide bonds. The summed E-state index contributed by atoms with van der Waals surface area (Å²) in [6.07, 6.45) is 2.56. The fourth-order valence-corrected chi connectivity index (χ4v) is 3.99. The van der Waals surface area contributed by atoms with Crippen molar-refractivity contribution < 1.29 is 14.2 Å². The van der Waals surface area contributed by atoms with Gasteiger partial charge in [0.05, 0.1) is 7.11 Å². The predicted octanol–water partition coefficient (Wildman–Crippen LogP) is 3.34. The Bertz CT molecular complexity index is 759. The Morgan fingerprint density at radius 3 is 2.68 bits per heavy atom. The van der Waals surface area contributed by atoms with Gasteiger partial charge in [-0.05, 0) is 68.2 Å². The molecule has 2 aromatic rings. The summed E-state index contributed by atoms with van der Waals surface area (Å²) in [5.74, 6) is 3.38. The van der Waals surface area contributed by atoms with E-state index in [1.54, 1.807) is 7.11 Å². The Morgan fingerprint density at radius 1 is 1.04 bits per heavy atom. The van der Waals surface area contributed by atoms with E-state index in [9.17, 15) is 0 Å². The van der Waals surface area contributed by atoms with Crippen LogP contribution in [-0.4, -0.2) is 50.9 Å². The smallest absolute Gasteiger partial charge is 0.161 e. The van der Waals surface area contributed by atoms with Crippen molar-refractivity contribution in [3.05, 3.63) is 54.1 Å². The zero-order valence-corrected chi connectivity index (χ0v) is 16.6. The zero-order valence-electron chi connectivity index (χ0n) is 16.6. The number of rotatable bonds is 7. The monoisotopic (exact) mass is 382 g/mol. The highest BCUT2D eigenvalue weighted by Crippen LogP contribution is 2.30. The number of ether oxygens (including phenoxy) is 3. The van der Waals surface area contributed by atoms with Crippen molar-refractivity contribution in [2.24, 2.45) is 5.92 Å². The highest BCUT2D eigenvalue weighted by atomic mass is 16.6. The van der Waals surface area contributed by atoms with E-state index in [-0.39, 0.29) is 6.10 Å². The second kappa shape index (κ2) is 9.30. The molecule has 2 heterocycles.